The molecule has 20 heavy (non-hydrogen) atoms. The molecule has 0 amide bonds. The third kappa shape index (κ3) is 4.44. The number of hydrogen-bond acceptors (Lipinski definition) is 3. The SMILES string of the molecule is CCC(C)n1ccc(CC(=O)CCC2CCNCC2)n1. The van der Waals surface area contributed by atoms with Crippen LogP contribution in [0, 0.1) is 5.92 Å². The van der Waals surface area contributed by atoms with Crippen molar-refractivity contribution in [2.45, 2.75) is 58.4 Å². The largest absolute Gasteiger partial charge is 0.317 e. The lowest BCUT2D eigenvalue weighted by Crippen LogP contribution is -2.28. The van der Waals surface area contributed by atoms with E-state index in [-0.39, 0.29) is 0 Å². The number of nitrogens with one attached hydrogen (secondary N) is 1. The molecular weight excluding hydrogens is 250 g/mol. The lowest BCUT2D eigenvalue weighted by atomic mass is 9.92. The van der Waals surface area contributed by atoms with Crippen LogP contribution in [0.25, 0.3) is 0 Å². The molecule has 1 aliphatic rings. The molecule has 1 saturated heterocycles. The van der Waals surface area contributed by atoms with Crippen LogP contribution in [0.15, 0.2) is 12.3 Å². The van der Waals surface area contributed by atoms with Gasteiger partial charge in [-0.15, -0.1) is 0 Å². The average molecular weight is 277 g/mol. The summed E-state index contributed by atoms with van der Waals surface area (Å²) in [6.45, 7) is 6.52. The number of hydrogen-bond donors (Lipinski definition) is 1. The Morgan fingerprint density at radius 2 is 2.25 bits per heavy atom. The van der Waals surface area contributed by atoms with Crippen LogP contribution >= 0.6 is 0 Å². The van der Waals surface area contributed by atoms with Gasteiger partial charge < -0.3 is 5.32 Å². The number of carbonyl (C=O) groups excluding carboxylic acids is 1. The molecule has 4 heteroatoms. The fourth-order valence-corrected chi connectivity index (χ4v) is 2.73. The number of nitrogens with zero attached hydrogens (tertiary/aromatic N) is 2. The van der Waals surface area contributed by atoms with Crippen LogP contribution < -0.4 is 5.32 Å². The Morgan fingerprint density at radius 1 is 1.50 bits per heavy atom. The summed E-state index contributed by atoms with van der Waals surface area (Å²) in [4.78, 5) is 12.0. The van der Waals surface area contributed by atoms with Crippen LogP contribution in [-0.4, -0.2) is 28.7 Å². The first-order chi connectivity index (χ1) is 9.69. The van der Waals surface area contributed by atoms with E-state index in [4.69, 9.17) is 0 Å². The summed E-state index contributed by atoms with van der Waals surface area (Å²) in [7, 11) is 0. The number of aromatic nitrogens is 2. The zero-order chi connectivity index (χ0) is 14.4. The molecule has 1 aromatic rings. The minimum atomic E-state index is 0.331. The van der Waals surface area contributed by atoms with Crippen LogP contribution in [0.5, 0.6) is 0 Å². The summed E-state index contributed by atoms with van der Waals surface area (Å²) < 4.78 is 1.97. The zero-order valence-electron chi connectivity index (χ0n) is 12.8. The maximum Gasteiger partial charge on any atom is 0.138 e. The first kappa shape index (κ1) is 15.2. The average Bonchev–Trinajstić information content (AvgIpc) is 2.94. The molecule has 0 radical (unpaired) electrons. The van der Waals surface area contributed by atoms with Crippen molar-refractivity contribution in [3.63, 3.8) is 0 Å². The van der Waals surface area contributed by atoms with Gasteiger partial charge in [0.25, 0.3) is 0 Å². The van der Waals surface area contributed by atoms with E-state index >= 15 is 0 Å². The van der Waals surface area contributed by atoms with Gasteiger partial charge in [0.05, 0.1) is 12.1 Å². The fraction of sp³-hybridized carbons (Fsp3) is 0.750. The van der Waals surface area contributed by atoms with Crippen molar-refractivity contribution >= 4 is 5.78 Å². The summed E-state index contributed by atoms with van der Waals surface area (Å²) in [5.74, 6) is 1.07. The normalized spacial score (nSPS) is 18.1. The van der Waals surface area contributed by atoms with Gasteiger partial charge in [-0.1, -0.05) is 6.92 Å². The van der Waals surface area contributed by atoms with Gasteiger partial charge in [-0.25, -0.2) is 0 Å². The highest BCUT2D eigenvalue weighted by atomic mass is 16.1. The van der Waals surface area contributed by atoms with Crippen molar-refractivity contribution < 1.29 is 4.79 Å². The molecule has 2 heterocycles. The highest BCUT2D eigenvalue weighted by Crippen LogP contribution is 2.18. The van der Waals surface area contributed by atoms with Gasteiger partial charge in [0.2, 0.25) is 0 Å². The van der Waals surface area contributed by atoms with Gasteiger partial charge in [0.1, 0.15) is 5.78 Å². The van der Waals surface area contributed by atoms with Crippen LogP contribution in [-0.2, 0) is 11.2 Å². The fourth-order valence-electron chi connectivity index (χ4n) is 2.73. The van der Waals surface area contributed by atoms with Crippen molar-refractivity contribution in [3.05, 3.63) is 18.0 Å². The monoisotopic (exact) mass is 277 g/mol. The minimum absolute atomic E-state index is 0.331. The van der Waals surface area contributed by atoms with Crippen molar-refractivity contribution in [2.24, 2.45) is 5.92 Å². The highest BCUT2D eigenvalue weighted by molar-refractivity contribution is 5.80. The van der Waals surface area contributed by atoms with E-state index < -0.39 is 0 Å². The maximum absolute atomic E-state index is 12.0. The van der Waals surface area contributed by atoms with Crippen LogP contribution in [0.4, 0.5) is 0 Å². The predicted octanol–water partition coefficient (Wildman–Crippen LogP) is 2.75. The first-order valence-electron chi connectivity index (χ1n) is 7.95. The van der Waals surface area contributed by atoms with Gasteiger partial charge in [-0.3, -0.25) is 9.48 Å². The van der Waals surface area contributed by atoms with Crippen molar-refractivity contribution in [2.75, 3.05) is 13.1 Å². The quantitative estimate of drug-likeness (QED) is 0.833. The molecule has 2 rings (SSSR count). The molecule has 1 aromatic heterocycles. The Kier molecular flexibility index (Phi) is 5.77. The van der Waals surface area contributed by atoms with Gasteiger partial charge in [-0.2, -0.15) is 5.10 Å². The van der Waals surface area contributed by atoms with Crippen LogP contribution in [0.1, 0.15) is 57.7 Å². The molecule has 4 nitrogen and oxygen atoms in total. The Labute approximate surface area is 121 Å². The molecular formula is C16H27N3O. The van der Waals surface area contributed by atoms with Gasteiger partial charge in [0, 0.05) is 18.7 Å². The minimum Gasteiger partial charge on any atom is -0.317 e. The zero-order valence-corrected chi connectivity index (χ0v) is 12.8. The van der Waals surface area contributed by atoms with E-state index in [2.05, 4.69) is 24.3 Å². The molecule has 0 aliphatic carbocycles. The standard InChI is InChI=1S/C16H27N3O/c1-3-13(2)19-11-8-15(18-19)12-16(20)5-4-14-6-9-17-10-7-14/h8,11,13-14,17H,3-7,9-10,12H2,1-2H3. The first-order valence-corrected chi connectivity index (χ1v) is 7.95. The number of Topliss-reactive ketones (excluding diaryl/α,β-unsaturated/α-hetero) is 1. The number of ketones is 1. The molecule has 0 spiro atoms. The number of piperidine rings is 1. The summed E-state index contributed by atoms with van der Waals surface area (Å²) >= 11 is 0. The van der Waals surface area contributed by atoms with E-state index in [1.54, 1.807) is 0 Å². The van der Waals surface area contributed by atoms with Crippen LogP contribution in [0.3, 0.4) is 0 Å². The Balaban J connectivity index is 1.74. The molecule has 1 unspecified atom stereocenters. The Morgan fingerprint density at radius 3 is 2.95 bits per heavy atom. The lowest BCUT2D eigenvalue weighted by molar-refractivity contribution is -0.118. The van der Waals surface area contributed by atoms with Gasteiger partial charge in [-0.05, 0) is 57.7 Å². The molecule has 112 valence electrons. The van der Waals surface area contributed by atoms with E-state index in [0.29, 0.717) is 24.7 Å². The molecule has 1 atom stereocenters. The van der Waals surface area contributed by atoms with E-state index in [1.807, 2.05) is 16.9 Å². The Bertz CT molecular complexity index is 421. The Hall–Kier alpha value is -1.16. The second-order valence-electron chi connectivity index (χ2n) is 5.99. The highest BCUT2D eigenvalue weighted by Gasteiger charge is 2.15. The third-order valence-electron chi connectivity index (χ3n) is 4.37. The molecule has 0 aromatic carbocycles. The van der Waals surface area contributed by atoms with E-state index in [0.717, 1.165) is 37.5 Å². The van der Waals surface area contributed by atoms with Gasteiger partial charge in [0.15, 0.2) is 0 Å². The second kappa shape index (κ2) is 7.58. The molecule has 1 aliphatic heterocycles. The predicted molar refractivity (Wildman–Crippen MR) is 80.8 cm³/mol. The van der Waals surface area contributed by atoms with E-state index in [1.165, 1.54) is 12.8 Å². The summed E-state index contributed by atoms with van der Waals surface area (Å²) in [5.41, 5.74) is 0.917. The molecule has 0 bridgehead atoms. The van der Waals surface area contributed by atoms with E-state index in [9.17, 15) is 4.79 Å². The topological polar surface area (TPSA) is 46.9 Å². The molecule has 1 N–H and O–H groups in total. The van der Waals surface area contributed by atoms with Gasteiger partial charge >= 0.3 is 0 Å². The van der Waals surface area contributed by atoms with Crippen molar-refractivity contribution in [1.82, 2.24) is 15.1 Å². The van der Waals surface area contributed by atoms with Crippen molar-refractivity contribution in [3.8, 4) is 0 Å². The smallest absolute Gasteiger partial charge is 0.138 e. The summed E-state index contributed by atoms with van der Waals surface area (Å²) in [6, 6.07) is 2.39. The summed E-state index contributed by atoms with van der Waals surface area (Å²) in [6.07, 6.45) is 7.74. The second-order valence-corrected chi connectivity index (χ2v) is 5.99. The molecule has 0 saturated carbocycles. The summed E-state index contributed by atoms with van der Waals surface area (Å²) in [5, 5.41) is 7.86. The third-order valence-corrected chi connectivity index (χ3v) is 4.37. The maximum atomic E-state index is 12.0. The van der Waals surface area contributed by atoms with Crippen molar-refractivity contribution in [1.29, 1.82) is 0 Å². The lowest BCUT2D eigenvalue weighted by Gasteiger charge is -2.21. The number of carbonyl (C=O) groups is 1. The number of rotatable bonds is 7. The molecule has 1 fully saturated rings. The van der Waals surface area contributed by atoms with Crippen LogP contribution in [0.2, 0.25) is 0 Å².